The second kappa shape index (κ2) is 4.42. The van der Waals surface area contributed by atoms with Gasteiger partial charge in [-0.15, -0.1) is 0 Å². The average molecular weight is 270 g/mol. The zero-order chi connectivity index (χ0) is 14.4. The molecule has 1 aliphatic heterocycles. The van der Waals surface area contributed by atoms with Crippen molar-refractivity contribution in [2.24, 2.45) is 0 Å². The number of hydrogen-bond acceptors (Lipinski definition) is 4. The SMILES string of the molecule is CC1(C)OB(c2nc(N)ccc2C(F)F)OC1(C)C. The number of nitrogens with zero attached hydrogens (tertiary/aromatic N) is 1. The number of nitrogen functional groups attached to an aromatic ring is 1. The molecule has 0 spiro atoms. The zero-order valence-electron chi connectivity index (χ0n) is 11.4. The van der Waals surface area contributed by atoms with Gasteiger partial charge in [0.1, 0.15) is 5.82 Å². The second-order valence-corrected chi connectivity index (χ2v) is 5.60. The number of alkyl halides is 2. The molecule has 2 rings (SSSR count). The van der Waals surface area contributed by atoms with E-state index in [4.69, 9.17) is 15.0 Å². The third-order valence-electron chi connectivity index (χ3n) is 3.69. The number of rotatable bonds is 2. The Morgan fingerprint density at radius 2 is 1.68 bits per heavy atom. The van der Waals surface area contributed by atoms with Gasteiger partial charge in [0.05, 0.1) is 16.8 Å². The Morgan fingerprint density at radius 3 is 2.16 bits per heavy atom. The van der Waals surface area contributed by atoms with Crippen LogP contribution in [0.4, 0.5) is 14.6 Å². The van der Waals surface area contributed by atoms with Crippen LogP contribution >= 0.6 is 0 Å². The highest BCUT2D eigenvalue weighted by Crippen LogP contribution is 2.37. The van der Waals surface area contributed by atoms with Gasteiger partial charge >= 0.3 is 7.12 Å². The lowest BCUT2D eigenvalue weighted by Crippen LogP contribution is -2.41. The molecule has 0 aliphatic carbocycles. The fourth-order valence-corrected chi connectivity index (χ4v) is 1.83. The standard InChI is InChI=1S/C12H17BF2N2O2/c1-11(2)12(3,4)19-13(18-11)9-7(10(14)15)5-6-8(16)17-9/h5-6,10H,1-4H3,(H2,16,17). The highest BCUT2D eigenvalue weighted by atomic mass is 19.3. The van der Waals surface area contributed by atoms with Gasteiger partial charge in [-0.1, -0.05) is 0 Å². The van der Waals surface area contributed by atoms with E-state index in [1.165, 1.54) is 12.1 Å². The Kier molecular flexibility index (Phi) is 3.30. The van der Waals surface area contributed by atoms with E-state index in [2.05, 4.69) is 4.98 Å². The molecule has 1 saturated heterocycles. The van der Waals surface area contributed by atoms with E-state index >= 15 is 0 Å². The fourth-order valence-electron chi connectivity index (χ4n) is 1.83. The Bertz CT molecular complexity index is 479. The van der Waals surface area contributed by atoms with E-state index in [1.807, 2.05) is 27.7 Å². The van der Waals surface area contributed by atoms with E-state index in [0.717, 1.165) is 0 Å². The number of anilines is 1. The smallest absolute Gasteiger partial charge is 0.398 e. The van der Waals surface area contributed by atoms with Crippen LogP contribution in [0.1, 0.15) is 39.7 Å². The summed E-state index contributed by atoms with van der Waals surface area (Å²) in [6.07, 6.45) is -2.65. The molecule has 19 heavy (non-hydrogen) atoms. The van der Waals surface area contributed by atoms with Crippen LogP contribution in [0, 0.1) is 0 Å². The van der Waals surface area contributed by atoms with Crippen molar-refractivity contribution in [3.05, 3.63) is 17.7 Å². The number of halogens is 2. The molecule has 1 aliphatic rings. The van der Waals surface area contributed by atoms with Crippen LogP contribution in [0.5, 0.6) is 0 Å². The van der Waals surface area contributed by atoms with Crippen molar-refractivity contribution in [2.45, 2.75) is 45.3 Å². The van der Waals surface area contributed by atoms with Crippen LogP contribution in [0.25, 0.3) is 0 Å². The number of aromatic nitrogens is 1. The molecule has 1 aromatic rings. The summed E-state index contributed by atoms with van der Waals surface area (Å²) in [7, 11) is -0.933. The Hall–Kier alpha value is -1.21. The molecule has 1 aromatic heterocycles. The molecule has 0 aromatic carbocycles. The van der Waals surface area contributed by atoms with E-state index in [-0.39, 0.29) is 17.0 Å². The second-order valence-electron chi connectivity index (χ2n) is 5.60. The van der Waals surface area contributed by atoms with E-state index < -0.39 is 24.7 Å². The Balaban J connectivity index is 2.41. The molecule has 0 radical (unpaired) electrons. The van der Waals surface area contributed by atoms with Crippen molar-refractivity contribution in [1.82, 2.24) is 4.98 Å². The normalized spacial score (nSPS) is 21.1. The summed E-state index contributed by atoms with van der Waals surface area (Å²) in [4.78, 5) is 3.96. The fraction of sp³-hybridized carbons (Fsp3) is 0.583. The molecule has 0 amide bonds. The van der Waals surface area contributed by atoms with Gasteiger partial charge in [-0.2, -0.15) is 0 Å². The quantitative estimate of drug-likeness (QED) is 0.834. The molecule has 2 heterocycles. The summed E-state index contributed by atoms with van der Waals surface area (Å²) < 4.78 is 37.5. The zero-order valence-corrected chi connectivity index (χ0v) is 11.4. The molecular formula is C12H17BF2N2O2. The highest BCUT2D eigenvalue weighted by Gasteiger charge is 2.53. The molecule has 0 bridgehead atoms. The van der Waals surface area contributed by atoms with Crippen molar-refractivity contribution in [2.75, 3.05) is 5.73 Å². The first-order chi connectivity index (χ1) is 8.64. The summed E-state index contributed by atoms with van der Waals surface area (Å²) >= 11 is 0. The van der Waals surface area contributed by atoms with Gasteiger partial charge in [0, 0.05) is 5.56 Å². The summed E-state index contributed by atoms with van der Waals surface area (Å²) in [6.45, 7) is 7.39. The maximum Gasteiger partial charge on any atom is 0.515 e. The predicted octanol–water partition coefficient (Wildman–Crippen LogP) is 1.90. The molecule has 4 nitrogen and oxygen atoms in total. The molecule has 104 valence electrons. The van der Waals surface area contributed by atoms with Crippen LogP contribution < -0.4 is 11.3 Å². The largest absolute Gasteiger partial charge is 0.515 e. The monoisotopic (exact) mass is 270 g/mol. The molecule has 1 fully saturated rings. The van der Waals surface area contributed by atoms with Crippen LogP contribution in [-0.2, 0) is 9.31 Å². The Labute approximate surface area is 111 Å². The molecule has 2 N–H and O–H groups in total. The van der Waals surface area contributed by atoms with Gasteiger partial charge in [0.15, 0.2) is 0 Å². The van der Waals surface area contributed by atoms with Crippen molar-refractivity contribution in [3.8, 4) is 0 Å². The van der Waals surface area contributed by atoms with Gasteiger partial charge in [-0.05, 0) is 39.8 Å². The number of nitrogens with two attached hydrogens (primary N) is 1. The Morgan fingerprint density at radius 1 is 1.16 bits per heavy atom. The highest BCUT2D eigenvalue weighted by molar-refractivity contribution is 6.61. The van der Waals surface area contributed by atoms with Gasteiger partial charge in [-0.3, -0.25) is 0 Å². The number of pyridine rings is 1. The summed E-state index contributed by atoms with van der Waals surface area (Å²) in [6, 6.07) is 2.60. The summed E-state index contributed by atoms with van der Waals surface area (Å²) in [5.74, 6) is 0.161. The van der Waals surface area contributed by atoms with Crippen molar-refractivity contribution in [1.29, 1.82) is 0 Å². The third kappa shape index (κ3) is 2.44. The first-order valence-electron chi connectivity index (χ1n) is 6.04. The average Bonchev–Trinajstić information content (AvgIpc) is 2.47. The lowest BCUT2D eigenvalue weighted by molar-refractivity contribution is 0.00578. The van der Waals surface area contributed by atoms with Crippen LogP contribution in [0.3, 0.4) is 0 Å². The third-order valence-corrected chi connectivity index (χ3v) is 3.69. The number of hydrogen-bond donors (Lipinski definition) is 1. The van der Waals surface area contributed by atoms with E-state index in [1.54, 1.807) is 0 Å². The summed E-state index contributed by atoms with van der Waals surface area (Å²) in [5.41, 5.74) is 4.18. The minimum Gasteiger partial charge on any atom is -0.398 e. The van der Waals surface area contributed by atoms with E-state index in [0.29, 0.717) is 0 Å². The predicted molar refractivity (Wildman–Crippen MR) is 69.3 cm³/mol. The van der Waals surface area contributed by atoms with Crippen LogP contribution in [-0.4, -0.2) is 23.3 Å². The van der Waals surface area contributed by atoms with E-state index in [9.17, 15) is 8.78 Å². The van der Waals surface area contributed by atoms with Gasteiger partial charge in [0.25, 0.3) is 6.43 Å². The van der Waals surface area contributed by atoms with Gasteiger partial charge in [-0.25, -0.2) is 13.8 Å². The van der Waals surface area contributed by atoms with Gasteiger partial charge in [0.2, 0.25) is 0 Å². The first-order valence-corrected chi connectivity index (χ1v) is 6.04. The minimum absolute atomic E-state index is 0.0497. The first kappa shape index (κ1) is 14.2. The molecule has 0 unspecified atom stereocenters. The summed E-state index contributed by atoms with van der Waals surface area (Å²) in [5, 5.41) is 0. The lowest BCUT2D eigenvalue weighted by atomic mass is 9.81. The molecular weight excluding hydrogens is 253 g/mol. The van der Waals surface area contributed by atoms with Crippen LogP contribution in [0.15, 0.2) is 12.1 Å². The van der Waals surface area contributed by atoms with Crippen molar-refractivity contribution < 1.29 is 18.1 Å². The maximum atomic E-state index is 13.0. The van der Waals surface area contributed by atoms with Crippen molar-refractivity contribution in [3.63, 3.8) is 0 Å². The molecule has 7 heteroatoms. The minimum atomic E-state index is -2.65. The molecule has 0 atom stereocenters. The lowest BCUT2D eigenvalue weighted by Gasteiger charge is -2.32. The van der Waals surface area contributed by atoms with Crippen molar-refractivity contribution >= 4 is 18.5 Å². The topological polar surface area (TPSA) is 57.4 Å². The van der Waals surface area contributed by atoms with Crippen LogP contribution in [0.2, 0.25) is 0 Å². The van der Waals surface area contributed by atoms with Gasteiger partial charge < -0.3 is 15.0 Å². The maximum absolute atomic E-state index is 13.0. The molecule has 0 saturated carbocycles.